The Kier molecular flexibility index (Phi) is 5.36. The number of carbonyl (C=O) groups is 1. The second kappa shape index (κ2) is 7.61. The number of benzene rings is 2. The minimum atomic E-state index is -4.50. The molecule has 0 radical (unpaired) electrons. The maximum atomic E-state index is 12.7. The highest BCUT2D eigenvalue weighted by atomic mass is 19.4. The molecule has 0 aliphatic rings. The van der Waals surface area contributed by atoms with Gasteiger partial charge in [-0.1, -0.05) is 12.1 Å². The molecule has 1 heterocycles. The highest BCUT2D eigenvalue weighted by Gasteiger charge is 2.31. The van der Waals surface area contributed by atoms with Crippen molar-refractivity contribution in [3.8, 4) is 11.5 Å². The molecule has 0 saturated carbocycles. The minimum Gasteiger partial charge on any atom is -0.444 e. The predicted molar refractivity (Wildman–Crippen MR) is 89.6 cm³/mol. The van der Waals surface area contributed by atoms with E-state index in [4.69, 9.17) is 4.42 Å². The maximum absolute atomic E-state index is 12.7. The Labute approximate surface area is 160 Å². The fraction of sp³-hybridized carbons (Fsp3) is 0.158. The van der Waals surface area contributed by atoms with Crippen LogP contribution >= 0.6 is 0 Å². The van der Waals surface area contributed by atoms with Gasteiger partial charge in [0.1, 0.15) is 6.26 Å². The van der Waals surface area contributed by atoms with E-state index in [0.717, 1.165) is 42.7 Å². The number of aromatic nitrogens is 1. The number of hydrogen-bond acceptors (Lipinski definition) is 3. The van der Waals surface area contributed by atoms with Gasteiger partial charge in [0.25, 0.3) is 5.91 Å². The van der Waals surface area contributed by atoms with E-state index < -0.39 is 29.4 Å². The summed E-state index contributed by atoms with van der Waals surface area (Å²) in [5, 5.41) is 2.41. The van der Waals surface area contributed by atoms with Gasteiger partial charge in [-0.25, -0.2) is 4.98 Å². The summed E-state index contributed by atoms with van der Waals surface area (Å²) in [6, 6.07) is 8.49. The van der Waals surface area contributed by atoms with Crippen molar-refractivity contribution in [2.45, 2.75) is 18.9 Å². The zero-order valence-electron chi connectivity index (χ0n) is 14.4. The first-order valence-electron chi connectivity index (χ1n) is 8.11. The van der Waals surface area contributed by atoms with Gasteiger partial charge in [-0.3, -0.25) is 4.79 Å². The minimum absolute atomic E-state index is 0.0667. The Morgan fingerprint density at radius 3 is 2.21 bits per heavy atom. The van der Waals surface area contributed by atoms with Crippen molar-refractivity contribution in [2.24, 2.45) is 0 Å². The molecule has 2 aromatic carbocycles. The average molecular weight is 414 g/mol. The summed E-state index contributed by atoms with van der Waals surface area (Å²) < 4.78 is 81.0. The molecule has 1 amide bonds. The molecule has 0 aliphatic carbocycles. The number of nitrogens with one attached hydrogen (secondary N) is 1. The van der Waals surface area contributed by atoms with Gasteiger partial charge >= 0.3 is 12.4 Å². The van der Waals surface area contributed by atoms with Gasteiger partial charge in [0.2, 0.25) is 5.89 Å². The van der Waals surface area contributed by atoms with Crippen LogP contribution in [0, 0.1) is 0 Å². The van der Waals surface area contributed by atoms with Crippen LogP contribution < -0.4 is 5.32 Å². The predicted octanol–water partition coefficient (Wildman–Crippen LogP) is 5.31. The average Bonchev–Trinajstić information content (AvgIpc) is 3.15. The van der Waals surface area contributed by atoms with Gasteiger partial charge in [0.15, 0.2) is 5.69 Å². The number of nitrogens with zero attached hydrogens (tertiary/aromatic N) is 1. The van der Waals surface area contributed by atoms with Crippen molar-refractivity contribution in [1.82, 2.24) is 10.3 Å². The maximum Gasteiger partial charge on any atom is 0.416 e. The summed E-state index contributed by atoms with van der Waals surface area (Å²) in [6.45, 7) is -0.175. The zero-order valence-corrected chi connectivity index (χ0v) is 14.4. The van der Waals surface area contributed by atoms with Crippen molar-refractivity contribution in [1.29, 1.82) is 0 Å². The van der Waals surface area contributed by atoms with E-state index in [1.54, 1.807) is 0 Å². The summed E-state index contributed by atoms with van der Waals surface area (Å²) in [6.07, 6.45) is -7.97. The number of rotatable bonds is 4. The van der Waals surface area contributed by atoms with Gasteiger partial charge < -0.3 is 9.73 Å². The lowest BCUT2D eigenvalue weighted by Crippen LogP contribution is -2.23. The third kappa shape index (κ3) is 4.95. The molecule has 3 rings (SSSR count). The first kappa shape index (κ1) is 20.4. The lowest BCUT2D eigenvalue weighted by atomic mass is 10.1. The Balaban J connectivity index is 1.67. The number of carbonyl (C=O) groups excluding carboxylic acids is 1. The highest BCUT2D eigenvalue weighted by Crippen LogP contribution is 2.31. The molecule has 0 atom stereocenters. The molecule has 4 nitrogen and oxygen atoms in total. The molecule has 3 aromatic rings. The lowest BCUT2D eigenvalue weighted by Gasteiger charge is -2.09. The zero-order chi connectivity index (χ0) is 21.2. The summed E-state index contributed by atoms with van der Waals surface area (Å²) in [4.78, 5) is 16.0. The fourth-order valence-corrected chi connectivity index (χ4v) is 2.44. The number of oxazole rings is 1. The van der Waals surface area contributed by atoms with Crippen LogP contribution in [0.25, 0.3) is 11.5 Å². The lowest BCUT2D eigenvalue weighted by molar-refractivity contribution is -0.138. The molecule has 10 heteroatoms. The van der Waals surface area contributed by atoms with E-state index in [0.29, 0.717) is 0 Å². The topological polar surface area (TPSA) is 55.1 Å². The summed E-state index contributed by atoms with van der Waals surface area (Å²) >= 11 is 0. The first-order chi connectivity index (χ1) is 13.5. The molecular formula is C19H12F6N2O2. The normalized spacial score (nSPS) is 12.1. The van der Waals surface area contributed by atoms with Gasteiger partial charge in [-0.05, 0) is 42.0 Å². The van der Waals surface area contributed by atoms with E-state index >= 15 is 0 Å². The van der Waals surface area contributed by atoms with Crippen molar-refractivity contribution >= 4 is 5.91 Å². The number of amides is 1. The smallest absolute Gasteiger partial charge is 0.416 e. The molecule has 0 spiro atoms. The van der Waals surface area contributed by atoms with Crippen molar-refractivity contribution in [3.63, 3.8) is 0 Å². The molecule has 1 aromatic heterocycles. The monoisotopic (exact) mass is 414 g/mol. The van der Waals surface area contributed by atoms with Gasteiger partial charge in [0, 0.05) is 12.1 Å². The van der Waals surface area contributed by atoms with E-state index in [-0.39, 0.29) is 29.3 Å². The van der Waals surface area contributed by atoms with Crippen molar-refractivity contribution in [3.05, 3.63) is 77.2 Å². The van der Waals surface area contributed by atoms with Crippen LogP contribution in [0.4, 0.5) is 26.3 Å². The molecule has 0 bridgehead atoms. The van der Waals surface area contributed by atoms with Crippen LogP contribution in [-0.4, -0.2) is 10.9 Å². The van der Waals surface area contributed by atoms with Crippen LogP contribution in [0.15, 0.2) is 59.2 Å². The van der Waals surface area contributed by atoms with Gasteiger partial charge in [-0.2, -0.15) is 26.3 Å². The highest BCUT2D eigenvalue weighted by molar-refractivity contribution is 5.92. The third-order valence-electron chi connectivity index (χ3n) is 3.90. The van der Waals surface area contributed by atoms with E-state index in [9.17, 15) is 31.1 Å². The van der Waals surface area contributed by atoms with Crippen molar-refractivity contribution < 1.29 is 35.6 Å². The Bertz CT molecular complexity index is 1010. The second-order valence-electron chi connectivity index (χ2n) is 5.99. The van der Waals surface area contributed by atoms with E-state index in [1.807, 2.05) is 0 Å². The van der Waals surface area contributed by atoms with E-state index in [1.165, 1.54) is 12.1 Å². The Morgan fingerprint density at radius 1 is 0.931 bits per heavy atom. The van der Waals surface area contributed by atoms with Gasteiger partial charge in [-0.15, -0.1) is 0 Å². The van der Waals surface area contributed by atoms with E-state index in [2.05, 4.69) is 10.3 Å². The summed E-state index contributed by atoms with van der Waals surface area (Å²) in [5.74, 6) is -0.771. The van der Waals surface area contributed by atoms with Gasteiger partial charge in [0.05, 0.1) is 11.1 Å². The van der Waals surface area contributed by atoms with Crippen LogP contribution in [0.1, 0.15) is 27.2 Å². The molecule has 0 fully saturated rings. The molecule has 1 N–H and O–H groups in total. The number of alkyl halides is 6. The molecule has 152 valence electrons. The van der Waals surface area contributed by atoms with Crippen LogP contribution in [0.2, 0.25) is 0 Å². The summed E-state index contributed by atoms with van der Waals surface area (Å²) in [5.41, 5.74) is -1.37. The Morgan fingerprint density at radius 2 is 1.59 bits per heavy atom. The number of hydrogen-bond donors (Lipinski definition) is 1. The molecular weight excluding hydrogens is 402 g/mol. The molecule has 0 aliphatic heterocycles. The number of halogens is 6. The summed E-state index contributed by atoms with van der Waals surface area (Å²) in [7, 11) is 0. The molecule has 0 saturated heterocycles. The fourth-order valence-electron chi connectivity index (χ4n) is 2.44. The Hall–Kier alpha value is -3.30. The largest absolute Gasteiger partial charge is 0.444 e. The first-order valence-corrected chi connectivity index (χ1v) is 8.11. The molecule has 0 unspecified atom stereocenters. The molecule has 29 heavy (non-hydrogen) atoms. The SMILES string of the molecule is O=C(NCc1cccc(C(F)(F)F)c1)c1coc(-c2ccc(C(F)(F)F)cc2)n1. The second-order valence-corrected chi connectivity index (χ2v) is 5.99. The third-order valence-corrected chi connectivity index (χ3v) is 3.90. The van der Waals surface area contributed by atoms with Crippen LogP contribution in [-0.2, 0) is 18.9 Å². The standard InChI is InChI=1S/C19H12F6N2O2/c20-18(21,22)13-6-4-12(5-7-13)17-27-15(10-29-17)16(28)26-9-11-2-1-3-14(8-11)19(23,24)25/h1-8,10H,9H2,(H,26,28). The van der Waals surface area contributed by atoms with Crippen LogP contribution in [0.5, 0.6) is 0 Å². The van der Waals surface area contributed by atoms with Crippen molar-refractivity contribution in [2.75, 3.05) is 0 Å². The quantitative estimate of drug-likeness (QED) is 0.589. The van der Waals surface area contributed by atoms with Crippen LogP contribution in [0.3, 0.4) is 0 Å².